The van der Waals surface area contributed by atoms with Crippen LogP contribution in [0.1, 0.15) is 37.8 Å². The van der Waals surface area contributed by atoms with Gasteiger partial charge in [-0.3, -0.25) is 0 Å². The third-order valence-electron chi connectivity index (χ3n) is 7.69. The van der Waals surface area contributed by atoms with Gasteiger partial charge in [-0.25, -0.2) is 0 Å². The fourth-order valence-corrected chi connectivity index (χ4v) is 8.41. The third kappa shape index (κ3) is 6.36. The molecule has 7 aromatic rings. The molecule has 6 heteroatoms. The van der Waals surface area contributed by atoms with Crippen molar-refractivity contribution in [1.29, 1.82) is 0 Å². The molecule has 0 saturated carbocycles. The maximum atomic E-state index is 8.32. The molecule has 3 nitrogen and oxygen atoms in total. The van der Waals surface area contributed by atoms with E-state index in [2.05, 4.69) is 92.1 Å². The first-order chi connectivity index (χ1) is 20.9. The van der Waals surface area contributed by atoms with E-state index in [1.54, 1.807) is 17.5 Å². The monoisotopic (exact) mass is 790 g/mol. The number of aryl methyl sites for hydroxylation is 2. The molecule has 0 atom stereocenters. The van der Waals surface area contributed by atoms with Gasteiger partial charge in [0.05, 0.1) is 12.8 Å². The largest absolute Gasteiger partial charge is 0.456 e. The van der Waals surface area contributed by atoms with Crippen LogP contribution in [-0.4, -0.2) is 18.0 Å². The quantitative estimate of drug-likeness (QED) is 0.132. The van der Waals surface area contributed by atoms with Gasteiger partial charge >= 0.3 is 0 Å². The van der Waals surface area contributed by atoms with Crippen LogP contribution in [0.4, 0.5) is 0 Å². The normalized spacial score (nSPS) is 12.1. The predicted octanol–water partition coefficient (Wildman–Crippen LogP) is 10.5. The maximum Gasteiger partial charge on any atom is 0.136 e. The van der Waals surface area contributed by atoms with Crippen molar-refractivity contribution in [2.24, 2.45) is 0 Å². The molecule has 7 rings (SSSR count). The van der Waals surface area contributed by atoms with E-state index in [9.17, 15) is 0 Å². The summed E-state index contributed by atoms with van der Waals surface area (Å²) in [6, 6.07) is 31.0. The number of hydrogen-bond acceptors (Lipinski definition) is 4. The number of rotatable bonds is 4. The molecule has 0 N–H and O–H groups in total. The molecule has 0 bridgehead atoms. The molecule has 0 aliphatic heterocycles. The van der Waals surface area contributed by atoms with Gasteiger partial charge in [-0.2, -0.15) is 11.3 Å². The summed E-state index contributed by atoms with van der Waals surface area (Å²) in [5.41, 5.74) is 9.28. The fourth-order valence-electron chi connectivity index (χ4n) is 5.45. The molecule has 3 aromatic carbocycles. The number of hydrogen-bond donors (Lipinski definition) is 0. The Hall–Kier alpha value is -3.41. The number of nitrogens with zero attached hydrogens (tertiary/aromatic N) is 2. The van der Waals surface area contributed by atoms with Crippen molar-refractivity contribution < 1.29 is 25.9 Å². The van der Waals surface area contributed by atoms with E-state index in [1.165, 1.54) is 21.0 Å². The topological polar surface area (TPSA) is 38.9 Å². The van der Waals surface area contributed by atoms with Crippen LogP contribution in [0, 0.1) is 26.0 Å². The number of pyridine rings is 2. The molecule has 0 spiro atoms. The molecule has 0 aliphatic carbocycles. The Bertz CT molecular complexity index is 2120. The van der Waals surface area contributed by atoms with Gasteiger partial charge in [-0.1, -0.05) is 68.4 Å². The molecule has 44 heavy (non-hydrogen) atoms. The first-order valence-corrected chi connectivity index (χ1v) is 18.9. The van der Waals surface area contributed by atoms with Crippen LogP contribution in [0.5, 0.6) is 0 Å². The minimum absolute atomic E-state index is 0. The molecule has 0 aliphatic rings. The predicted molar refractivity (Wildman–Crippen MR) is 186 cm³/mol. The van der Waals surface area contributed by atoms with Crippen molar-refractivity contribution in [3.8, 4) is 22.5 Å². The van der Waals surface area contributed by atoms with Crippen LogP contribution in [0.15, 0.2) is 89.6 Å². The minimum atomic E-state index is -1.27. The molecule has 0 amide bonds. The molecular formula is C38H36IrN2OSSi-2. The summed E-state index contributed by atoms with van der Waals surface area (Å²) in [5.74, 6) is -0.664. The second-order valence-electron chi connectivity index (χ2n) is 12.3. The zero-order chi connectivity index (χ0) is 31.2. The van der Waals surface area contributed by atoms with Crippen LogP contribution >= 0.6 is 11.3 Å². The average Bonchev–Trinajstić information content (AvgIpc) is 3.53. The Balaban J connectivity index is 0.000000193. The molecule has 0 fully saturated rings. The van der Waals surface area contributed by atoms with Crippen LogP contribution in [-0.2, 0) is 20.1 Å². The fraction of sp³-hybridized carbons (Fsp3) is 0.211. The van der Waals surface area contributed by atoms with Crippen LogP contribution < -0.4 is 5.19 Å². The Morgan fingerprint density at radius 2 is 1.68 bits per heavy atom. The first-order valence-electron chi connectivity index (χ1n) is 15.1. The summed E-state index contributed by atoms with van der Waals surface area (Å²) in [6.07, 6.45) is 3.84. The molecule has 4 aromatic heterocycles. The first kappa shape index (κ1) is 30.6. The minimum Gasteiger partial charge on any atom is -0.456 e. The average molecular weight is 790 g/mol. The number of furan rings is 1. The summed E-state index contributed by atoms with van der Waals surface area (Å²) >= 11 is 1.73. The standard InChI is InChI=1S/C23H18NOS.C15H18NSi.Ir/c1-13(2)15-9-10-24-19(12-15)16-5-4-6-17-21-23(26-22(16)17)18-11-14(3)7-8-20(18)25-21;1-12-10-14(13-8-6-5-7-9-13)16-11-15(12)17(2,3)4;/h4,6-13H,1-3H3;5-8,10-11H,1-4H3;/q2*-1;/i13D;;. The zero-order valence-corrected chi connectivity index (χ0v) is 30.3. The van der Waals surface area contributed by atoms with Crippen molar-refractivity contribution in [2.45, 2.75) is 53.2 Å². The van der Waals surface area contributed by atoms with Crippen molar-refractivity contribution in [3.63, 3.8) is 0 Å². The molecule has 0 saturated heterocycles. The number of thiophene rings is 1. The van der Waals surface area contributed by atoms with Gasteiger partial charge < -0.3 is 14.4 Å². The van der Waals surface area contributed by atoms with Gasteiger partial charge in [0, 0.05) is 39.3 Å². The second-order valence-corrected chi connectivity index (χ2v) is 18.4. The van der Waals surface area contributed by atoms with E-state index in [-0.39, 0.29) is 20.1 Å². The SMILES string of the molecule is Cc1cc(-c2[c-]cccc2)ncc1[Si](C)(C)C.[2H]C(C)(C)c1ccnc(-c2[c-]ccc3c2sc2c4cc(C)ccc4oc32)c1.[Ir]. The maximum absolute atomic E-state index is 8.32. The summed E-state index contributed by atoms with van der Waals surface area (Å²) in [4.78, 5) is 9.15. The van der Waals surface area contributed by atoms with E-state index < -0.39 is 14.0 Å². The Morgan fingerprint density at radius 3 is 2.39 bits per heavy atom. The van der Waals surface area contributed by atoms with Gasteiger partial charge in [-0.05, 0) is 64.6 Å². The number of aromatic nitrogens is 2. The van der Waals surface area contributed by atoms with Gasteiger partial charge in [0.2, 0.25) is 0 Å². The van der Waals surface area contributed by atoms with Gasteiger partial charge in [0.1, 0.15) is 11.2 Å². The third-order valence-corrected chi connectivity index (χ3v) is 11.1. The Labute approximate surface area is 280 Å². The van der Waals surface area contributed by atoms with Crippen molar-refractivity contribution in [1.82, 2.24) is 9.97 Å². The summed E-state index contributed by atoms with van der Waals surface area (Å²) in [5, 5.41) is 3.69. The molecule has 1 radical (unpaired) electrons. The Kier molecular flexibility index (Phi) is 8.98. The summed E-state index contributed by atoms with van der Waals surface area (Å²) in [6.45, 7) is 15.1. The van der Waals surface area contributed by atoms with E-state index in [0.717, 1.165) is 54.7 Å². The smallest absolute Gasteiger partial charge is 0.136 e. The van der Waals surface area contributed by atoms with Crippen LogP contribution in [0.2, 0.25) is 19.6 Å². The van der Waals surface area contributed by atoms with Crippen molar-refractivity contribution >= 4 is 55.9 Å². The van der Waals surface area contributed by atoms with Gasteiger partial charge in [0.25, 0.3) is 0 Å². The van der Waals surface area contributed by atoms with E-state index in [4.69, 9.17) is 5.79 Å². The van der Waals surface area contributed by atoms with E-state index >= 15 is 0 Å². The van der Waals surface area contributed by atoms with Gasteiger partial charge in [-0.15, -0.1) is 59.7 Å². The second kappa shape index (κ2) is 12.9. The molecule has 0 unspecified atom stereocenters. The zero-order valence-electron chi connectivity index (χ0n) is 27.1. The molecule has 225 valence electrons. The number of benzene rings is 3. The number of fused-ring (bicyclic) bond motifs is 5. The van der Waals surface area contributed by atoms with E-state index in [0.29, 0.717) is 0 Å². The van der Waals surface area contributed by atoms with Gasteiger partial charge in [0.15, 0.2) is 0 Å². The molecule has 4 heterocycles. The summed E-state index contributed by atoms with van der Waals surface area (Å²) in [7, 11) is -1.27. The van der Waals surface area contributed by atoms with Crippen molar-refractivity contribution in [2.75, 3.05) is 0 Å². The van der Waals surface area contributed by atoms with E-state index in [1.807, 2.05) is 56.3 Å². The Morgan fingerprint density at radius 1 is 0.864 bits per heavy atom. The summed E-state index contributed by atoms with van der Waals surface area (Å²) < 4.78 is 16.8. The molecular weight excluding hydrogens is 753 g/mol. The van der Waals surface area contributed by atoms with Crippen molar-refractivity contribution in [3.05, 3.63) is 114 Å². The van der Waals surface area contributed by atoms with Crippen LogP contribution in [0.25, 0.3) is 53.9 Å². The van der Waals surface area contributed by atoms with Crippen LogP contribution in [0.3, 0.4) is 0 Å².